The van der Waals surface area contributed by atoms with Crippen molar-refractivity contribution < 1.29 is 64.8 Å². The van der Waals surface area contributed by atoms with Gasteiger partial charge in [0.05, 0.1) is 17.8 Å². The zero-order valence-corrected chi connectivity index (χ0v) is 29.9. The maximum Gasteiger partial charge on any atom is 0.490 e. The lowest BCUT2D eigenvalue weighted by Gasteiger charge is -2.63. The van der Waals surface area contributed by atoms with Crippen molar-refractivity contribution in [2.45, 2.75) is 155 Å². The van der Waals surface area contributed by atoms with Gasteiger partial charge < -0.3 is 24.1 Å². The highest BCUT2D eigenvalue weighted by atomic mass is 19.4. The Morgan fingerprint density at radius 2 is 1.40 bits per heavy atom. The molecule has 3 unspecified atom stereocenters. The largest absolute Gasteiger partial charge is 0.490 e. The van der Waals surface area contributed by atoms with Crippen molar-refractivity contribution in [1.82, 2.24) is 0 Å². The van der Waals surface area contributed by atoms with E-state index in [2.05, 4.69) is 6.92 Å². The average Bonchev–Trinajstić information content (AvgIpc) is 3.58. The van der Waals surface area contributed by atoms with E-state index in [1.54, 1.807) is 0 Å². The summed E-state index contributed by atoms with van der Waals surface area (Å²) in [4.78, 5) is 36.7. The van der Waals surface area contributed by atoms with Crippen LogP contribution in [0.1, 0.15) is 107 Å². The van der Waals surface area contributed by atoms with Crippen LogP contribution in [0.15, 0.2) is 0 Å². The molecule has 2 spiro atoms. The number of ether oxygens (including phenoxy) is 4. The van der Waals surface area contributed by atoms with Gasteiger partial charge in [0.15, 0.2) is 6.10 Å². The van der Waals surface area contributed by atoms with E-state index >= 15 is 0 Å². The number of halogens is 6. The third kappa shape index (κ3) is 5.16. The second kappa shape index (κ2) is 11.2. The number of carbonyl (C=O) groups is 3. The maximum atomic E-state index is 14.0. The molecular weight excluding hydrogens is 674 g/mol. The van der Waals surface area contributed by atoms with Gasteiger partial charge in [0.2, 0.25) is 0 Å². The van der Waals surface area contributed by atoms with Gasteiger partial charge in [-0.2, -0.15) is 26.3 Å². The van der Waals surface area contributed by atoms with Crippen molar-refractivity contribution in [3.63, 3.8) is 0 Å². The van der Waals surface area contributed by atoms with Gasteiger partial charge in [-0.1, -0.05) is 34.6 Å². The van der Waals surface area contributed by atoms with Crippen LogP contribution in [0.5, 0.6) is 0 Å². The molecule has 1 aliphatic heterocycles. The molecule has 0 radical (unpaired) electrons. The van der Waals surface area contributed by atoms with E-state index in [9.17, 15) is 45.8 Å². The van der Waals surface area contributed by atoms with E-state index in [0.29, 0.717) is 32.1 Å². The van der Waals surface area contributed by atoms with Gasteiger partial charge in [0.1, 0.15) is 12.2 Å². The Hall–Kier alpha value is -2.09. The van der Waals surface area contributed by atoms with Gasteiger partial charge in [-0.15, -0.1) is 0 Å². The highest BCUT2D eigenvalue weighted by Gasteiger charge is 2.85. The van der Waals surface area contributed by atoms with Crippen molar-refractivity contribution >= 4 is 17.9 Å². The van der Waals surface area contributed by atoms with E-state index < -0.39 is 82.6 Å². The van der Waals surface area contributed by atoms with Crippen LogP contribution in [0.4, 0.5) is 26.3 Å². The number of carbonyl (C=O) groups excluding carboxylic acids is 3. The Kier molecular flexibility index (Phi) is 8.44. The smallest absolute Gasteiger partial charge is 0.457 e. The maximum absolute atomic E-state index is 14.0. The lowest BCUT2D eigenvalue weighted by molar-refractivity contribution is -0.239. The molecule has 1 saturated heterocycles. The van der Waals surface area contributed by atoms with Crippen LogP contribution < -0.4 is 0 Å². The molecule has 5 saturated carbocycles. The first-order chi connectivity index (χ1) is 22.7. The molecule has 0 aromatic heterocycles. The fourth-order valence-corrected chi connectivity index (χ4v) is 13.1. The molecule has 50 heavy (non-hydrogen) atoms. The van der Waals surface area contributed by atoms with E-state index in [1.165, 1.54) is 20.8 Å². The first kappa shape index (κ1) is 37.7. The van der Waals surface area contributed by atoms with E-state index in [-0.39, 0.29) is 40.9 Å². The number of hydrogen-bond acceptors (Lipinski definition) is 8. The summed E-state index contributed by atoms with van der Waals surface area (Å²) in [6.07, 6.45) is -11.3. The second-order valence-corrected chi connectivity index (χ2v) is 18.0. The third-order valence-corrected chi connectivity index (χ3v) is 15.0. The molecule has 1 N–H and O–H groups in total. The van der Waals surface area contributed by atoms with Crippen LogP contribution in [0, 0.1) is 50.7 Å². The lowest BCUT2D eigenvalue weighted by atomic mass is 9.41. The first-order valence-corrected chi connectivity index (χ1v) is 17.8. The standard InChI is InChI=1S/C36H50F6O8/c1-17-15-19(25(30(5,6)46)47-18(2)43)48-24-23(17)31(7)13-14-34-16-33(34)12-11-22(49-27(44)35(37,38)39)29(3,4)20(33)9-10-21(34)32(31,8)26(24)50-28(45)36(40,41)42/h17,19-26,46H,9-16H2,1-8H3/t17-,19?,20+,21?,22+,23+,24?,25+,26+,31-,32-,33-,34+/m1/s1. The molecule has 1 heterocycles. The van der Waals surface area contributed by atoms with Crippen LogP contribution in [0.2, 0.25) is 0 Å². The Morgan fingerprint density at radius 1 is 0.840 bits per heavy atom. The first-order valence-electron chi connectivity index (χ1n) is 17.8. The van der Waals surface area contributed by atoms with Crippen molar-refractivity contribution in [3.8, 4) is 0 Å². The van der Waals surface area contributed by atoms with Gasteiger partial charge in [-0.3, -0.25) is 4.79 Å². The molecule has 0 aromatic carbocycles. The minimum absolute atomic E-state index is 0.0883. The summed E-state index contributed by atoms with van der Waals surface area (Å²) >= 11 is 0. The number of aliphatic hydroxyl groups is 1. The quantitative estimate of drug-likeness (QED) is 0.182. The van der Waals surface area contributed by atoms with Crippen molar-refractivity contribution in [3.05, 3.63) is 0 Å². The fourth-order valence-electron chi connectivity index (χ4n) is 13.1. The highest BCUT2D eigenvalue weighted by Crippen LogP contribution is 2.89. The third-order valence-electron chi connectivity index (χ3n) is 15.0. The molecule has 6 rings (SSSR count). The zero-order chi connectivity index (χ0) is 37.4. The monoisotopic (exact) mass is 724 g/mol. The Bertz CT molecular complexity index is 1420. The Morgan fingerprint density at radius 3 is 1.96 bits per heavy atom. The highest BCUT2D eigenvalue weighted by molar-refractivity contribution is 5.76. The summed E-state index contributed by atoms with van der Waals surface area (Å²) in [5.74, 6) is -5.95. The molecule has 0 amide bonds. The predicted molar refractivity (Wildman–Crippen MR) is 164 cm³/mol. The van der Waals surface area contributed by atoms with Gasteiger partial charge in [-0.25, -0.2) is 9.59 Å². The Labute approximate surface area is 288 Å². The predicted octanol–water partition coefficient (Wildman–Crippen LogP) is 7.09. The molecule has 8 nitrogen and oxygen atoms in total. The van der Waals surface area contributed by atoms with Gasteiger partial charge in [0.25, 0.3) is 0 Å². The van der Waals surface area contributed by atoms with Gasteiger partial charge >= 0.3 is 30.3 Å². The zero-order valence-electron chi connectivity index (χ0n) is 29.9. The molecule has 0 bridgehead atoms. The van der Waals surface area contributed by atoms with Crippen molar-refractivity contribution in [2.75, 3.05) is 0 Å². The molecule has 13 atom stereocenters. The van der Waals surface area contributed by atoms with Gasteiger partial charge in [0, 0.05) is 17.8 Å². The van der Waals surface area contributed by atoms with E-state index in [4.69, 9.17) is 18.9 Å². The molecule has 284 valence electrons. The summed E-state index contributed by atoms with van der Waals surface area (Å²) in [7, 11) is 0. The molecule has 14 heteroatoms. The summed E-state index contributed by atoms with van der Waals surface area (Å²) in [5, 5.41) is 11.0. The van der Waals surface area contributed by atoms with E-state index in [1.807, 2.05) is 27.7 Å². The van der Waals surface area contributed by atoms with Crippen LogP contribution in [0.25, 0.3) is 0 Å². The van der Waals surface area contributed by atoms with Gasteiger partial charge in [-0.05, 0) is 105 Å². The molecular formula is C36H50F6O8. The number of rotatable bonds is 5. The van der Waals surface area contributed by atoms with Crippen LogP contribution in [0.3, 0.4) is 0 Å². The SMILES string of the molecule is CC(=O)O[C@@H](C1C[C@@H](C)[C@H]2C(O1)[C@H](OC(=O)C(F)(F)F)[C@@]1(C)C3CC[C@H]4C(C)(C)[C@@H](OC(=O)C(F)(F)F)CC[C@@]45C[C@@]35CC[C@]21C)C(C)(C)O. The molecule has 6 aliphatic rings. The summed E-state index contributed by atoms with van der Waals surface area (Å²) < 4.78 is 104. The fraction of sp³-hybridized carbons (Fsp3) is 0.917. The number of esters is 3. The topological polar surface area (TPSA) is 108 Å². The van der Waals surface area contributed by atoms with E-state index in [0.717, 1.165) is 12.8 Å². The summed E-state index contributed by atoms with van der Waals surface area (Å²) in [6.45, 7) is 13.8. The lowest BCUT2D eigenvalue weighted by Crippen LogP contribution is -2.60. The minimum Gasteiger partial charge on any atom is -0.457 e. The van der Waals surface area contributed by atoms with Crippen LogP contribution >= 0.6 is 0 Å². The Balaban J connectivity index is 1.39. The normalized spacial score (nSPS) is 45.4. The average molecular weight is 725 g/mol. The molecule has 6 fully saturated rings. The number of fused-ring (bicyclic) bond motifs is 4. The molecule has 5 aliphatic carbocycles. The van der Waals surface area contributed by atoms with Crippen LogP contribution in [-0.4, -0.2) is 71.5 Å². The number of alkyl halides is 6. The summed E-state index contributed by atoms with van der Waals surface area (Å²) in [6, 6.07) is 0. The van der Waals surface area contributed by atoms with Crippen molar-refractivity contribution in [1.29, 1.82) is 0 Å². The second-order valence-electron chi connectivity index (χ2n) is 18.0. The number of hydrogen-bond donors (Lipinski definition) is 1. The van der Waals surface area contributed by atoms with Crippen LogP contribution in [-0.2, 0) is 33.3 Å². The molecule has 0 aromatic rings. The van der Waals surface area contributed by atoms with Crippen molar-refractivity contribution in [2.24, 2.45) is 50.7 Å². The minimum atomic E-state index is -5.26. The summed E-state index contributed by atoms with van der Waals surface area (Å²) in [5.41, 5.74) is -4.63.